The number of rotatable bonds is 2. The van der Waals surface area contributed by atoms with Crippen molar-refractivity contribution in [3.63, 3.8) is 0 Å². The number of fused-ring (bicyclic) bond motifs is 3. The van der Waals surface area contributed by atoms with E-state index in [9.17, 15) is 4.79 Å². The molecule has 4 aromatic rings. The minimum Gasteiger partial charge on any atom is -0.304 e. The predicted octanol–water partition coefficient (Wildman–Crippen LogP) is 5.06. The van der Waals surface area contributed by atoms with Crippen molar-refractivity contribution in [3.05, 3.63) is 96.1 Å². The van der Waals surface area contributed by atoms with Gasteiger partial charge in [0.1, 0.15) is 0 Å². The van der Waals surface area contributed by atoms with E-state index in [1.807, 2.05) is 89.8 Å². The number of pyridine rings is 1. The first-order valence-corrected chi connectivity index (χ1v) is 8.67. The number of carbonyl (C=O) groups is 1. The lowest BCUT2D eigenvalue weighted by molar-refractivity contribution is 0.0998. The molecule has 5 rings (SSSR count). The molecule has 0 atom stereocenters. The molecular formula is C23H16N2O. The average molecular weight is 336 g/mol. The first-order chi connectivity index (χ1) is 12.8. The molecule has 3 nitrogen and oxygen atoms in total. The molecule has 0 fully saturated rings. The summed E-state index contributed by atoms with van der Waals surface area (Å²) in [6, 6.07) is 27.8. The van der Waals surface area contributed by atoms with Gasteiger partial charge in [0.15, 0.2) is 0 Å². The molecule has 26 heavy (non-hydrogen) atoms. The largest absolute Gasteiger partial charge is 0.304 e. The van der Waals surface area contributed by atoms with Crippen LogP contribution in [0.5, 0.6) is 0 Å². The summed E-state index contributed by atoms with van der Waals surface area (Å²) in [5, 5.41) is 0.922. The van der Waals surface area contributed by atoms with Gasteiger partial charge in [-0.3, -0.25) is 4.79 Å². The average Bonchev–Trinajstić information content (AvgIpc) is 3.06. The molecule has 2 heterocycles. The number of hydrogen-bond donors (Lipinski definition) is 0. The van der Waals surface area contributed by atoms with Crippen LogP contribution in [0.3, 0.4) is 0 Å². The highest BCUT2D eigenvalue weighted by Gasteiger charge is 2.33. The topological polar surface area (TPSA) is 33.2 Å². The van der Waals surface area contributed by atoms with E-state index in [0.717, 1.165) is 39.0 Å². The number of para-hydroxylation sites is 2. The maximum absolute atomic E-state index is 13.3. The summed E-state index contributed by atoms with van der Waals surface area (Å²) in [6.07, 6.45) is 0. The van der Waals surface area contributed by atoms with Gasteiger partial charge in [-0.05, 0) is 18.2 Å². The van der Waals surface area contributed by atoms with Crippen molar-refractivity contribution in [3.8, 4) is 11.3 Å². The molecular weight excluding hydrogens is 320 g/mol. The molecule has 3 aromatic carbocycles. The van der Waals surface area contributed by atoms with Crippen LogP contribution in [0, 0.1) is 0 Å². The van der Waals surface area contributed by atoms with Gasteiger partial charge in [-0.2, -0.15) is 0 Å². The van der Waals surface area contributed by atoms with E-state index in [-0.39, 0.29) is 5.91 Å². The number of hydrogen-bond acceptors (Lipinski definition) is 2. The summed E-state index contributed by atoms with van der Waals surface area (Å²) in [4.78, 5) is 20.0. The van der Waals surface area contributed by atoms with Crippen LogP contribution in [0.4, 0.5) is 5.69 Å². The minimum atomic E-state index is 0.0435. The van der Waals surface area contributed by atoms with Gasteiger partial charge in [0.25, 0.3) is 5.91 Å². The zero-order valence-corrected chi connectivity index (χ0v) is 14.1. The minimum absolute atomic E-state index is 0.0435. The van der Waals surface area contributed by atoms with Crippen molar-refractivity contribution >= 4 is 22.5 Å². The Morgan fingerprint density at radius 1 is 0.769 bits per heavy atom. The molecule has 1 aliphatic heterocycles. The monoisotopic (exact) mass is 336 g/mol. The summed E-state index contributed by atoms with van der Waals surface area (Å²) in [6.45, 7) is 0.542. The van der Waals surface area contributed by atoms with E-state index in [1.165, 1.54) is 0 Å². The first kappa shape index (κ1) is 14.8. The van der Waals surface area contributed by atoms with Crippen LogP contribution in [0.2, 0.25) is 0 Å². The highest BCUT2D eigenvalue weighted by atomic mass is 16.2. The van der Waals surface area contributed by atoms with E-state index in [0.29, 0.717) is 6.54 Å². The van der Waals surface area contributed by atoms with Crippen LogP contribution in [-0.4, -0.2) is 10.9 Å². The fourth-order valence-electron chi connectivity index (χ4n) is 3.67. The molecule has 0 unspecified atom stereocenters. The van der Waals surface area contributed by atoms with Gasteiger partial charge in [0.2, 0.25) is 0 Å². The standard InChI is InChI=1S/C23H16N2O/c26-23-21-18-13-7-8-14-20(18)24-22(16-9-3-1-4-10-16)19(21)15-25(23)17-11-5-2-6-12-17/h1-14H,15H2. The number of anilines is 1. The second kappa shape index (κ2) is 5.81. The van der Waals surface area contributed by atoms with Crippen molar-refractivity contribution in [1.82, 2.24) is 4.98 Å². The van der Waals surface area contributed by atoms with Crippen LogP contribution in [0.15, 0.2) is 84.9 Å². The SMILES string of the molecule is O=C1c2c(c(-c3ccccc3)nc3ccccc23)CN1c1ccccc1. The Balaban J connectivity index is 1.78. The number of amides is 1. The summed E-state index contributed by atoms with van der Waals surface area (Å²) >= 11 is 0. The molecule has 0 radical (unpaired) electrons. The van der Waals surface area contributed by atoms with Crippen molar-refractivity contribution in [2.75, 3.05) is 4.90 Å². The number of nitrogens with zero attached hydrogens (tertiary/aromatic N) is 2. The second-order valence-corrected chi connectivity index (χ2v) is 6.42. The molecule has 3 heteroatoms. The van der Waals surface area contributed by atoms with E-state index in [4.69, 9.17) is 4.98 Å². The number of benzene rings is 3. The van der Waals surface area contributed by atoms with Crippen LogP contribution in [0.25, 0.3) is 22.2 Å². The molecule has 0 bridgehead atoms. The van der Waals surface area contributed by atoms with Gasteiger partial charge < -0.3 is 4.90 Å². The summed E-state index contributed by atoms with van der Waals surface area (Å²) in [7, 11) is 0. The van der Waals surface area contributed by atoms with Gasteiger partial charge in [-0.25, -0.2) is 4.98 Å². The van der Waals surface area contributed by atoms with Gasteiger partial charge in [0, 0.05) is 22.2 Å². The Hall–Kier alpha value is -3.46. The van der Waals surface area contributed by atoms with Gasteiger partial charge in [-0.1, -0.05) is 66.7 Å². The number of carbonyl (C=O) groups excluding carboxylic acids is 1. The van der Waals surface area contributed by atoms with Crippen LogP contribution >= 0.6 is 0 Å². The van der Waals surface area contributed by atoms with E-state index >= 15 is 0 Å². The molecule has 0 saturated heterocycles. The fraction of sp³-hybridized carbons (Fsp3) is 0.0435. The van der Waals surface area contributed by atoms with Gasteiger partial charge in [0.05, 0.1) is 23.3 Å². The fourth-order valence-corrected chi connectivity index (χ4v) is 3.67. The first-order valence-electron chi connectivity index (χ1n) is 8.67. The molecule has 0 saturated carbocycles. The van der Waals surface area contributed by atoms with E-state index in [1.54, 1.807) is 0 Å². The van der Waals surface area contributed by atoms with E-state index < -0.39 is 0 Å². The third-order valence-electron chi connectivity index (χ3n) is 4.88. The third-order valence-corrected chi connectivity index (χ3v) is 4.88. The highest BCUT2D eigenvalue weighted by Crippen LogP contribution is 2.37. The zero-order chi connectivity index (χ0) is 17.5. The van der Waals surface area contributed by atoms with E-state index in [2.05, 4.69) is 0 Å². The lowest BCUT2D eigenvalue weighted by atomic mass is 9.99. The Bertz CT molecular complexity index is 1120. The Kier molecular flexibility index (Phi) is 3.32. The Morgan fingerprint density at radius 3 is 2.19 bits per heavy atom. The smallest absolute Gasteiger partial charge is 0.259 e. The van der Waals surface area contributed by atoms with Crippen LogP contribution in [0.1, 0.15) is 15.9 Å². The summed E-state index contributed by atoms with van der Waals surface area (Å²) < 4.78 is 0. The predicted molar refractivity (Wildman–Crippen MR) is 104 cm³/mol. The quantitative estimate of drug-likeness (QED) is 0.512. The zero-order valence-electron chi connectivity index (χ0n) is 14.1. The maximum Gasteiger partial charge on any atom is 0.259 e. The Morgan fingerprint density at radius 2 is 1.42 bits per heavy atom. The van der Waals surface area contributed by atoms with Crippen molar-refractivity contribution in [2.24, 2.45) is 0 Å². The second-order valence-electron chi connectivity index (χ2n) is 6.42. The van der Waals surface area contributed by atoms with Crippen molar-refractivity contribution in [2.45, 2.75) is 6.54 Å². The molecule has 1 aliphatic rings. The number of aromatic nitrogens is 1. The molecule has 0 spiro atoms. The van der Waals surface area contributed by atoms with Gasteiger partial charge >= 0.3 is 0 Å². The Labute approximate surface area is 151 Å². The molecule has 1 amide bonds. The molecule has 1 aromatic heterocycles. The maximum atomic E-state index is 13.3. The lowest BCUT2D eigenvalue weighted by Gasteiger charge is -2.15. The molecule has 0 N–H and O–H groups in total. The van der Waals surface area contributed by atoms with Crippen molar-refractivity contribution in [1.29, 1.82) is 0 Å². The summed E-state index contributed by atoms with van der Waals surface area (Å²) in [5.41, 5.74) is 5.48. The normalized spacial score (nSPS) is 13.2. The lowest BCUT2D eigenvalue weighted by Crippen LogP contribution is -2.22. The van der Waals surface area contributed by atoms with Crippen LogP contribution < -0.4 is 4.90 Å². The third kappa shape index (κ3) is 2.21. The van der Waals surface area contributed by atoms with Crippen molar-refractivity contribution < 1.29 is 4.79 Å². The summed E-state index contributed by atoms with van der Waals surface area (Å²) in [5.74, 6) is 0.0435. The molecule has 0 aliphatic carbocycles. The highest BCUT2D eigenvalue weighted by molar-refractivity contribution is 6.18. The van der Waals surface area contributed by atoms with Crippen LogP contribution in [-0.2, 0) is 6.54 Å². The molecule has 124 valence electrons. The van der Waals surface area contributed by atoms with Gasteiger partial charge in [-0.15, -0.1) is 0 Å².